The van der Waals surface area contributed by atoms with E-state index in [9.17, 15) is 14.2 Å². The monoisotopic (exact) mass is 551 g/mol. The Bertz CT molecular complexity index is 1320. The first kappa shape index (κ1) is 28.5. The molecule has 0 aliphatic carbocycles. The fourth-order valence-corrected chi connectivity index (χ4v) is 5.74. The van der Waals surface area contributed by atoms with Crippen LogP contribution < -0.4 is 15.9 Å². The number of anilines is 1. The number of hydrogen-bond acceptors (Lipinski definition) is 9. The first-order chi connectivity index (χ1) is 17.5. The predicted octanol–water partition coefficient (Wildman–Crippen LogP) is 3.37. The van der Waals surface area contributed by atoms with Gasteiger partial charge in [-0.3, -0.25) is 19.2 Å². The number of imidazole rings is 1. The zero-order valence-corrected chi connectivity index (χ0v) is 22.8. The van der Waals surface area contributed by atoms with Crippen LogP contribution in [0, 0.1) is 0 Å². The number of carbonyl (C=O) groups is 2. The largest absolute Gasteiger partial charge is 0.464 e. The van der Waals surface area contributed by atoms with Gasteiger partial charge in [0.1, 0.15) is 23.7 Å². The van der Waals surface area contributed by atoms with Crippen molar-refractivity contribution in [2.24, 2.45) is 0 Å². The number of hydrogen-bond donors (Lipinski definition) is 3. The van der Waals surface area contributed by atoms with E-state index in [0.717, 1.165) is 0 Å². The third kappa shape index (κ3) is 7.26. The third-order valence-electron chi connectivity index (χ3n) is 5.23. The van der Waals surface area contributed by atoms with E-state index in [2.05, 4.69) is 25.1 Å². The molecule has 2 aromatic heterocycles. The summed E-state index contributed by atoms with van der Waals surface area (Å²) in [5.74, 6) is -1.04. The number of rotatable bonds is 12. The van der Waals surface area contributed by atoms with Crippen molar-refractivity contribution >= 4 is 47.9 Å². The van der Waals surface area contributed by atoms with Gasteiger partial charge in [-0.2, -0.15) is 0 Å². The van der Waals surface area contributed by atoms with Gasteiger partial charge in [-0.1, -0.05) is 30.7 Å². The third-order valence-corrected chi connectivity index (χ3v) is 7.56. The summed E-state index contributed by atoms with van der Waals surface area (Å²) in [6, 6.07) is 6.36. The molecule has 0 saturated carbocycles. The van der Waals surface area contributed by atoms with Gasteiger partial charge >= 0.3 is 5.97 Å². The summed E-state index contributed by atoms with van der Waals surface area (Å²) in [6.07, 6.45) is 2.61. The van der Waals surface area contributed by atoms with Gasteiger partial charge in [-0.15, -0.1) is 0 Å². The molecule has 2 heterocycles. The van der Waals surface area contributed by atoms with E-state index in [1.807, 2.05) is 6.92 Å². The lowest BCUT2D eigenvalue weighted by atomic mass is 10.1. The highest BCUT2D eigenvalue weighted by Crippen LogP contribution is 2.40. The molecule has 37 heavy (non-hydrogen) atoms. The van der Waals surface area contributed by atoms with E-state index < -0.39 is 37.3 Å². The standard InChI is InChI=1S/C23H31ClN7O5P/c1-5-10-35-22(33)23(3,4)30-37(34,29-21(32)16-8-6-7-9-17(16)24)14-36-15(2)11-31-13-28-18-19(25)26-12-27-20(18)31/h6-9,12-13,15H,5,10-11,14H2,1-4H3,(H2,25,26,27)(H2,29,30,32,34)/t15-,37?/m1/s1. The number of nitrogen functional groups attached to an aromatic ring is 1. The second kappa shape index (κ2) is 12.0. The SMILES string of the molecule is CCCOC(=O)C(C)(C)NP(=O)(CO[C@H](C)Cn1cnc2c(N)ncnc21)NC(=O)c1ccccc1Cl. The number of esters is 1. The number of amides is 1. The molecule has 12 nitrogen and oxygen atoms in total. The molecule has 200 valence electrons. The average Bonchev–Trinajstić information content (AvgIpc) is 3.25. The van der Waals surface area contributed by atoms with Crippen LogP contribution in [0.1, 0.15) is 44.5 Å². The summed E-state index contributed by atoms with van der Waals surface area (Å²) in [5.41, 5.74) is 5.57. The van der Waals surface area contributed by atoms with Gasteiger partial charge in [0.15, 0.2) is 11.5 Å². The van der Waals surface area contributed by atoms with Gasteiger partial charge in [-0.25, -0.2) is 20.0 Å². The molecule has 0 spiro atoms. The minimum atomic E-state index is -3.87. The molecule has 1 amide bonds. The molecule has 0 aliphatic rings. The Morgan fingerprint density at radius 3 is 2.68 bits per heavy atom. The molecule has 0 fully saturated rings. The molecule has 0 saturated heterocycles. The van der Waals surface area contributed by atoms with Gasteiger partial charge < -0.3 is 19.8 Å². The van der Waals surface area contributed by atoms with Crippen molar-refractivity contribution in [3.05, 3.63) is 47.5 Å². The van der Waals surface area contributed by atoms with E-state index in [1.54, 1.807) is 36.0 Å². The van der Waals surface area contributed by atoms with Crippen molar-refractivity contribution in [3.63, 3.8) is 0 Å². The van der Waals surface area contributed by atoms with Crippen LogP contribution in [-0.4, -0.2) is 56.0 Å². The maximum Gasteiger partial charge on any atom is 0.326 e. The molecule has 2 atom stereocenters. The van der Waals surface area contributed by atoms with E-state index in [-0.39, 0.29) is 23.0 Å². The predicted molar refractivity (Wildman–Crippen MR) is 140 cm³/mol. The molecule has 0 bridgehead atoms. The summed E-state index contributed by atoms with van der Waals surface area (Å²) < 4.78 is 26.8. The summed E-state index contributed by atoms with van der Waals surface area (Å²) in [6.45, 7) is 7.17. The van der Waals surface area contributed by atoms with Crippen LogP contribution in [0.3, 0.4) is 0 Å². The summed E-state index contributed by atoms with van der Waals surface area (Å²) >= 11 is 6.15. The molecule has 3 aromatic rings. The van der Waals surface area contributed by atoms with Crippen LogP contribution in [0.4, 0.5) is 5.82 Å². The van der Waals surface area contributed by atoms with Gasteiger partial charge in [0, 0.05) is 0 Å². The number of nitrogens with zero attached hydrogens (tertiary/aromatic N) is 4. The van der Waals surface area contributed by atoms with Crippen LogP contribution in [0.2, 0.25) is 5.02 Å². The second-order valence-electron chi connectivity index (χ2n) is 8.97. The maximum atomic E-state index is 14.0. The molecule has 0 radical (unpaired) electrons. The average molecular weight is 552 g/mol. The van der Waals surface area contributed by atoms with E-state index >= 15 is 0 Å². The molecule has 4 N–H and O–H groups in total. The van der Waals surface area contributed by atoms with Crippen LogP contribution in [0.5, 0.6) is 0 Å². The number of aromatic nitrogens is 4. The number of benzene rings is 1. The van der Waals surface area contributed by atoms with Crippen molar-refractivity contribution in [2.45, 2.75) is 52.3 Å². The molecule has 14 heteroatoms. The van der Waals surface area contributed by atoms with Gasteiger partial charge in [0.2, 0.25) is 0 Å². The Morgan fingerprint density at radius 1 is 1.24 bits per heavy atom. The van der Waals surface area contributed by atoms with Gasteiger partial charge in [0.25, 0.3) is 13.4 Å². The lowest BCUT2D eigenvalue weighted by Gasteiger charge is -2.31. The highest BCUT2D eigenvalue weighted by Gasteiger charge is 2.39. The molecular formula is C23H31ClN7O5P. The summed E-state index contributed by atoms with van der Waals surface area (Å²) in [5, 5.41) is 5.47. The topological polar surface area (TPSA) is 163 Å². The lowest BCUT2D eigenvalue weighted by Crippen LogP contribution is -2.49. The Hall–Kier alpha value is -3.05. The zero-order chi connectivity index (χ0) is 27.2. The van der Waals surface area contributed by atoms with Crippen molar-refractivity contribution in [1.29, 1.82) is 0 Å². The zero-order valence-electron chi connectivity index (χ0n) is 21.1. The Morgan fingerprint density at radius 2 is 1.97 bits per heavy atom. The Labute approximate surface area is 219 Å². The summed E-state index contributed by atoms with van der Waals surface area (Å²) in [7, 11) is -3.87. The van der Waals surface area contributed by atoms with Crippen molar-refractivity contribution in [2.75, 3.05) is 18.7 Å². The summed E-state index contributed by atoms with van der Waals surface area (Å²) in [4.78, 5) is 37.9. The second-order valence-corrected chi connectivity index (χ2v) is 11.6. The molecule has 3 rings (SSSR count). The fourth-order valence-electron chi connectivity index (χ4n) is 3.43. The number of nitrogens with one attached hydrogen (secondary N) is 2. The van der Waals surface area contributed by atoms with Crippen molar-refractivity contribution in [3.8, 4) is 0 Å². The minimum Gasteiger partial charge on any atom is -0.464 e. The van der Waals surface area contributed by atoms with E-state index in [1.165, 1.54) is 26.2 Å². The van der Waals surface area contributed by atoms with Crippen LogP contribution in [0.15, 0.2) is 36.9 Å². The van der Waals surface area contributed by atoms with Crippen molar-refractivity contribution < 1.29 is 23.6 Å². The normalized spacial score (nSPS) is 14.2. The first-order valence-electron chi connectivity index (χ1n) is 11.6. The van der Waals surface area contributed by atoms with Gasteiger partial charge in [0.05, 0.1) is 36.2 Å². The number of fused-ring (bicyclic) bond motifs is 1. The van der Waals surface area contributed by atoms with Gasteiger partial charge in [-0.05, 0) is 39.3 Å². The Kier molecular flexibility index (Phi) is 9.25. The smallest absolute Gasteiger partial charge is 0.326 e. The van der Waals surface area contributed by atoms with E-state index in [0.29, 0.717) is 24.1 Å². The number of nitrogens with two attached hydrogens (primary N) is 1. The number of ether oxygens (including phenoxy) is 2. The quantitative estimate of drug-likeness (QED) is 0.224. The van der Waals surface area contributed by atoms with Crippen LogP contribution in [0.25, 0.3) is 11.2 Å². The van der Waals surface area contributed by atoms with Crippen LogP contribution >= 0.6 is 19.0 Å². The number of halogens is 1. The van der Waals surface area contributed by atoms with Crippen LogP contribution in [-0.2, 0) is 25.4 Å². The number of carbonyl (C=O) groups excluding carboxylic acids is 2. The maximum absolute atomic E-state index is 14.0. The van der Waals surface area contributed by atoms with E-state index in [4.69, 9.17) is 26.8 Å². The highest BCUT2D eigenvalue weighted by atomic mass is 35.5. The molecular weight excluding hydrogens is 521 g/mol. The minimum absolute atomic E-state index is 0.132. The Balaban J connectivity index is 1.78. The van der Waals surface area contributed by atoms with Crippen molar-refractivity contribution in [1.82, 2.24) is 29.7 Å². The lowest BCUT2D eigenvalue weighted by molar-refractivity contribution is -0.149. The highest BCUT2D eigenvalue weighted by molar-refractivity contribution is 7.60. The first-order valence-corrected chi connectivity index (χ1v) is 13.9. The molecule has 1 aromatic carbocycles. The molecule has 0 aliphatic heterocycles. The molecule has 1 unspecified atom stereocenters. The fraction of sp³-hybridized carbons (Fsp3) is 0.435.